The first-order chi connectivity index (χ1) is 17.0. The number of halogens is 1. The van der Waals surface area contributed by atoms with Gasteiger partial charge in [0.15, 0.2) is 0 Å². The zero-order valence-corrected chi connectivity index (χ0v) is 18.5. The minimum Gasteiger partial charge on any atom is -0.338 e. The van der Waals surface area contributed by atoms with Gasteiger partial charge < -0.3 is 20.2 Å². The lowest BCUT2D eigenvalue weighted by Gasteiger charge is -2.09. The van der Waals surface area contributed by atoms with Gasteiger partial charge in [-0.1, -0.05) is 18.2 Å². The summed E-state index contributed by atoms with van der Waals surface area (Å²) in [5, 5.41) is 5.68. The number of anilines is 2. The molecule has 0 fully saturated rings. The van der Waals surface area contributed by atoms with Crippen LogP contribution in [-0.4, -0.2) is 31.3 Å². The summed E-state index contributed by atoms with van der Waals surface area (Å²) < 4.78 is 15.4. The van der Waals surface area contributed by atoms with Crippen LogP contribution in [0.4, 0.5) is 15.8 Å². The second kappa shape index (κ2) is 9.60. The van der Waals surface area contributed by atoms with Crippen LogP contribution >= 0.6 is 0 Å². The van der Waals surface area contributed by atoms with E-state index in [9.17, 15) is 14.0 Å². The van der Waals surface area contributed by atoms with Crippen molar-refractivity contribution in [2.45, 2.75) is 13.0 Å². The molecule has 0 bridgehead atoms. The lowest BCUT2D eigenvalue weighted by atomic mass is 10.1. The highest BCUT2D eigenvalue weighted by molar-refractivity contribution is 6.06. The number of carbonyl (C=O) groups excluding carboxylic acids is 2. The second-order valence-corrected chi connectivity index (χ2v) is 7.96. The molecule has 0 aliphatic rings. The highest BCUT2D eigenvalue weighted by atomic mass is 19.1. The molecule has 0 aliphatic heterocycles. The number of aromatic nitrogens is 4. The summed E-state index contributed by atoms with van der Waals surface area (Å²) in [6, 6.07) is 18.2. The third-order valence-corrected chi connectivity index (χ3v) is 5.40. The minimum absolute atomic E-state index is 0.157. The van der Waals surface area contributed by atoms with E-state index in [4.69, 9.17) is 0 Å². The molecule has 0 atom stereocenters. The van der Waals surface area contributed by atoms with Crippen LogP contribution < -0.4 is 10.6 Å². The van der Waals surface area contributed by atoms with Crippen molar-refractivity contribution in [2.75, 3.05) is 10.6 Å². The van der Waals surface area contributed by atoms with E-state index >= 15 is 0 Å². The summed E-state index contributed by atoms with van der Waals surface area (Å²) in [5.74, 6) is -0.272. The smallest absolute Gasteiger partial charge is 0.255 e. The molecule has 2 heterocycles. The van der Waals surface area contributed by atoms with Gasteiger partial charge in [-0.25, -0.2) is 14.4 Å². The van der Waals surface area contributed by atoms with Crippen molar-refractivity contribution >= 4 is 34.2 Å². The van der Waals surface area contributed by atoms with Gasteiger partial charge >= 0.3 is 0 Å². The Kier molecular flexibility index (Phi) is 6.04. The lowest BCUT2D eigenvalue weighted by Crippen LogP contribution is -2.15. The Labute approximate surface area is 199 Å². The molecular formula is C26H21FN6O2. The standard InChI is InChI=1S/C26H21FN6O2/c27-19-5-1-3-17(13-19)25-31-22-8-7-21(15-23(22)32-25)30-26(35)18-4-2-6-20(14-18)29-24(34)9-11-33-12-10-28-16-33/h1-8,10,12-16H,9,11H2,(H,29,34)(H,30,35)(H,31,32). The molecule has 0 aliphatic carbocycles. The van der Waals surface area contributed by atoms with Gasteiger partial charge in [-0.15, -0.1) is 0 Å². The Morgan fingerprint density at radius 2 is 1.83 bits per heavy atom. The fourth-order valence-electron chi connectivity index (χ4n) is 3.67. The van der Waals surface area contributed by atoms with Crippen molar-refractivity contribution in [3.8, 4) is 11.4 Å². The van der Waals surface area contributed by atoms with Gasteiger partial charge in [-0.05, 0) is 48.5 Å². The maximum Gasteiger partial charge on any atom is 0.255 e. The molecule has 3 N–H and O–H groups in total. The van der Waals surface area contributed by atoms with Gasteiger partial charge in [0.1, 0.15) is 11.6 Å². The van der Waals surface area contributed by atoms with Crippen LogP contribution in [-0.2, 0) is 11.3 Å². The van der Waals surface area contributed by atoms with Crippen LogP contribution in [0.5, 0.6) is 0 Å². The Bertz CT molecular complexity index is 1510. The number of aromatic amines is 1. The first kappa shape index (κ1) is 22.0. The number of amides is 2. The lowest BCUT2D eigenvalue weighted by molar-refractivity contribution is -0.116. The number of hydrogen-bond acceptors (Lipinski definition) is 4. The van der Waals surface area contributed by atoms with Crippen molar-refractivity contribution in [1.29, 1.82) is 0 Å². The number of rotatable bonds is 7. The summed E-state index contributed by atoms with van der Waals surface area (Å²) in [6.07, 6.45) is 5.39. The third-order valence-electron chi connectivity index (χ3n) is 5.40. The maximum absolute atomic E-state index is 13.6. The zero-order valence-electron chi connectivity index (χ0n) is 18.5. The molecule has 8 nitrogen and oxygen atoms in total. The van der Waals surface area contributed by atoms with Crippen molar-refractivity contribution < 1.29 is 14.0 Å². The Hall–Kier alpha value is -4.79. The second-order valence-electron chi connectivity index (χ2n) is 7.96. The molecule has 0 unspecified atom stereocenters. The van der Waals surface area contributed by atoms with E-state index in [1.807, 2.05) is 4.57 Å². The summed E-state index contributed by atoms with van der Waals surface area (Å²) >= 11 is 0. The predicted octanol–water partition coefficient (Wildman–Crippen LogP) is 4.85. The molecule has 5 aromatic rings. The van der Waals surface area contributed by atoms with Gasteiger partial charge in [-0.2, -0.15) is 0 Å². The van der Waals surface area contributed by atoms with Crippen LogP contribution in [0.3, 0.4) is 0 Å². The van der Waals surface area contributed by atoms with E-state index in [1.54, 1.807) is 73.3 Å². The van der Waals surface area contributed by atoms with Crippen molar-refractivity contribution in [3.05, 3.63) is 96.8 Å². The van der Waals surface area contributed by atoms with Crippen LogP contribution in [0.2, 0.25) is 0 Å². The highest BCUT2D eigenvalue weighted by Gasteiger charge is 2.11. The fourth-order valence-corrected chi connectivity index (χ4v) is 3.67. The molecule has 0 saturated heterocycles. The molecule has 0 spiro atoms. The average Bonchev–Trinajstić information content (AvgIpc) is 3.53. The molecule has 9 heteroatoms. The van der Waals surface area contributed by atoms with E-state index in [0.717, 1.165) is 0 Å². The number of imidazole rings is 2. The van der Waals surface area contributed by atoms with Crippen LogP contribution in [0, 0.1) is 5.82 Å². The van der Waals surface area contributed by atoms with Gasteiger partial charge in [-0.3, -0.25) is 9.59 Å². The average molecular weight is 468 g/mol. The molecule has 2 amide bonds. The first-order valence-electron chi connectivity index (χ1n) is 11.0. The third kappa shape index (κ3) is 5.25. The number of H-pyrrole nitrogens is 1. The summed E-state index contributed by atoms with van der Waals surface area (Å²) in [4.78, 5) is 36.7. The van der Waals surface area contributed by atoms with Crippen molar-refractivity contribution in [2.24, 2.45) is 0 Å². The number of benzene rings is 3. The van der Waals surface area contributed by atoms with Gasteiger partial charge in [0.25, 0.3) is 5.91 Å². The normalized spacial score (nSPS) is 10.9. The molecule has 174 valence electrons. The van der Waals surface area contributed by atoms with Crippen LogP contribution in [0.25, 0.3) is 22.4 Å². The quantitative estimate of drug-likeness (QED) is 0.318. The number of fused-ring (bicyclic) bond motifs is 1. The fraction of sp³-hybridized carbons (Fsp3) is 0.0769. The first-order valence-corrected chi connectivity index (χ1v) is 11.0. The molecule has 35 heavy (non-hydrogen) atoms. The largest absolute Gasteiger partial charge is 0.338 e. The minimum atomic E-state index is -0.340. The van der Waals surface area contributed by atoms with Crippen molar-refractivity contribution in [3.63, 3.8) is 0 Å². The Morgan fingerprint density at radius 3 is 2.66 bits per heavy atom. The van der Waals surface area contributed by atoms with E-state index in [2.05, 4.69) is 25.6 Å². The van der Waals surface area contributed by atoms with Gasteiger partial charge in [0.05, 0.1) is 17.4 Å². The molecule has 0 saturated carbocycles. The number of carbonyl (C=O) groups is 2. The summed E-state index contributed by atoms with van der Waals surface area (Å²) in [7, 11) is 0. The number of hydrogen-bond donors (Lipinski definition) is 3. The van der Waals surface area contributed by atoms with Gasteiger partial charge in [0, 0.05) is 47.9 Å². The molecule has 0 radical (unpaired) electrons. The zero-order chi connectivity index (χ0) is 24.2. The SMILES string of the molecule is O=C(CCn1ccnc1)Nc1cccc(C(=O)Nc2ccc3nc(-c4cccc(F)c4)[nH]c3c2)c1. The molecular weight excluding hydrogens is 447 g/mol. The monoisotopic (exact) mass is 468 g/mol. The summed E-state index contributed by atoms with van der Waals surface area (Å²) in [5.41, 5.74) is 3.56. The van der Waals surface area contributed by atoms with E-state index < -0.39 is 0 Å². The van der Waals surface area contributed by atoms with E-state index in [-0.39, 0.29) is 24.1 Å². The molecule has 2 aromatic heterocycles. The van der Waals surface area contributed by atoms with Crippen LogP contribution in [0.1, 0.15) is 16.8 Å². The number of aryl methyl sites for hydroxylation is 1. The molecule has 5 rings (SSSR count). The number of nitrogens with one attached hydrogen (secondary N) is 3. The Balaban J connectivity index is 1.26. The Morgan fingerprint density at radius 1 is 0.971 bits per heavy atom. The van der Waals surface area contributed by atoms with Gasteiger partial charge in [0.2, 0.25) is 5.91 Å². The maximum atomic E-state index is 13.6. The number of nitrogens with zero attached hydrogens (tertiary/aromatic N) is 3. The van der Waals surface area contributed by atoms with E-state index in [1.165, 1.54) is 12.1 Å². The van der Waals surface area contributed by atoms with E-state index in [0.29, 0.717) is 45.9 Å². The summed E-state index contributed by atoms with van der Waals surface area (Å²) in [6.45, 7) is 0.517. The topological polar surface area (TPSA) is 105 Å². The molecule has 3 aromatic carbocycles. The predicted molar refractivity (Wildman–Crippen MR) is 131 cm³/mol. The van der Waals surface area contributed by atoms with Crippen LogP contribution in [0.15, 0.2) is 85.5 Å². The van der Waals surface area contributed by atoms with Crippen molar-refractivity contribution in [1.82, 2.24) is 19.5 Å². The highest BCUT2D eigenvalue weighted by Crippen LogP contribution is 2.24.